The summed E-state index contributed by atoms with van der Waals surface area (Å²) in [6.07, 6.45) is 4.03. The molecule has 5 heteroatoms. The summed E-state index contributed by atoms with van der Waals surface area (Å²) in [6, 6.07) is 13.0. The quantitative estimate of drug-likeness (QED) is 0.630. The number of rotatable bonds is 6. The van der Waals surface area contributed by atoms with Crippen LogP contribution in [-0.4, -0.2) is 10.9 Å². The first kappa shape index (κ1) is 16.7. The Balaban J connectivity index is 1.47. The van der Waals surface area contributed by atoms with Gasteiger partial charge in [-0.25, -0.2) is 4.39 Å². The van der Waals surface area contributed by atoms with Gasteiger partial charge in [0, 0.05) is 40.1 Å². The Morgan fingerprint density at radius 2 is 2.00 bits per heavy atom. The molecule has 0 aliphatic rings. The lowest BCUT2D eigenvalue weighted by Gasteiger charge is -2.07. The molecule has 24 heavy (non-hydrogen) atoms. The third-order valence-electron chi connectivity index (χ3n) is 4.02. The lowest BCUT2D eigenvalue weighted by molar-refractivity contribution is -0.121. The molecule has 0 aliphatic carbocycles. The fourth-order valence-electron chi connectivity index (χ4n) is 2.73. The second-order valence-electron chi connectivity index (χ2n) is 5.73. The largest absolute Gasteiger partial charge is 0.361 e. The van der Waals surface area contributed by atoms with E-state index in [0.717, 1.165) is 18.4 Å². The summed E-state index contributed by atoms with van der Waals surface area (Å²) < 4.78 is 14.4. The number of H-pyrrole nitrogens is 1. The molecule has 124 valence electrons. The minimum absolute atomic E-state index is 0.0582. The van der Waals surface area contributed by atoms with E-state index in [1.807, 2.05) is 24.4 Å². The van der Waals surface area contributed by atoms with Gasteiger partial charge < -0.3 is 10.3 Å². The second kappa shape index (κ2) is 7.62. The van der Waals surface area contributed by atoms with E-state index in [1.165, 1.54) is 17.0 Å². The molecule has 2 N–H and O–H groups in total. The number of amides is 1. The van der Waals surface area contributed by atoms with Crippen LogP contribution in [0.4, 0.5) is 4.39 Å². The van der Waals surface area contributed by atoms with Gasteiger partial charge in [-0.05, 0) is 36.6 Å². The number of carbonyl (C=O) groups excluding carboxylic acids is 1. The number of fused-ring (bicyclic) bond motifs is 1. The van der Waals surface area contributed by atoms with Gasteiger partial charge in [-0.1, -0.05) is 40.2 Å². The van der Waals surface area contributed by atoms with E-state index in [-0.39, 0.29) is 18.3 Å². The molecule has 1 amide bonds. The van der Waals surface area contributed by atoms with Crippen LogP contribution in [0.2, 0.25) is 0 Å². The number of aromatic nitrogens is 1. The summed E-state index contributed by atoms with van der Waals surface area (Å²) in [7, 11) is 0. The maximum Gasteiger partial charge on any atom is 0.220 e. The van der Waals surface area contributed by atoms with Gasteiger partial charge in [0.15, 0.2) is 0 Å². The zero-order valence-corrected chi connectivity index (χ0v) is 14.7. The molecule has 0 radical (unpaired) electrons. The molecular formula is C19H18BrFN2O. The number of benzene rings is 2. The monoisotopic (exact) mass is 388 g/mol. The summed E-state index contributed by atoms with van der Waals surface area (Å²) in [5, 5.41) is 3.98. The van der Waals surface area contributed by atoms with Gasteiger partial charge in [0.2, 0.25) is 5.91 Å². The Labute approximate surface area is 148 Å². The van der Waals surface area contributed by atoms with Crippen LogP contribution in [0.1, 0.15) is 24.0 Å². The van der Waals surface area contributed by atoms with Gasteiger partial charge in [-0.15, -0.1) is 0 Å². The predicted octanol–water partition coefficient (Wildman–Crippen LogP) is 4.71. The predicted molar refractivity (Wildman–Crippen MR) is 97.2 cm³/mol. The van der Waals surface area contributed by atoms with Crippen molar-refractivity contribution in [3.05, 3.63) is 70.1 Å². The number of para-hydroxylation sites is 1. The molecule has 2 aromatic carbocycles. The maximum atomic E-state index is 13.7. The lowest BCUT2D eigenvalue weighted by atomic mass is 10.1. The minimum atomic E-state index is -0.316. The molecule has 0 atom stereocenters. The van der Waals surface area contributed by atoms with Crippen molar-refractivity contribution in [1.82, 2.24) is 10.3 Å². The van der Waals surface area contributed by atoms with Gasteiger partial charge >= 0.3 is 0 Å². The van der Waals surface area contributed by atoms with Gasteiger partial charge in [0.05, 0.1) is 0 Å². The normalized spacial score (nSPS) is 10.9. The van der Waals surface area contributed by atoms with Crippen LogP contribution < -0.4 is 5.32 Å². The molecule has 3 rings (SSSR count). The first-order chi connectivity index (χ1) is 11.6. The zero-order valence-electron chi connectivity index (χ0n) is 13.1. The first-order valence-electron chi connectivity index (χ1n) is 7.89. The smallest absolute Gasteiger partial charge is 0.220 e. The second-order valence-corrected chi connectivity index (χ2v) is 6.64. The number of hydrogen-bond acceptors (Lipinski definition) is 1. The van der Waals surface area contributed by atoms with E-state index in [2.05, 4.69) is 32.3 Å². The van der Waals surface area contributed by atoms with E-state index in [9.17, 15) is 9.18 Å². The van der Waals surface area contributed by atoms with Crippen LogP contribution in [-0.2, 0) is 17.8 Å². The Morgan fingerprint density at radius 1 is 1.17 bits per heavy atom. The van der Waals surface area contributed by atoms with Crippen LogP contribution in [0, 0.1) is 5.82 Å². The Hall–Kier alpha value is -2.14. The van der Waals surface area contributed by atoms with Gasteiger partial charge in [-0.2, -0.15) is 0 Å². The Kier molecular flexibility index (Phi) is 5.30. The van der Waals surface area contributed by atoms with Gasteiger partial charge in [0.25, 0.3) is 0 Å². The summed E-state index contributed by atoms with van der Waals surface area (Å²) in [5.41, 5.74) is 2.82. The van der Waals surface area contributed by atoms with Crippen LogP contribution in [0.5, 0.6) is 0 Å². The van der Waals surface area contributed by atoms with E-state index in [1.54, 1.807) is 12.1 Å². The highest BCUT2D eigenvalue weighted by atomic mass is 79.9. The number of aromatic amines is 1. The molecule has 0 saturated heterocycles. The molecule has 0 bridgehead atoms. The Bertz CT molecular complexity index is 859. The van der Waals surface area contributed by atoms with Gasteiger partial charge in [-0.3, -0.25) is 4.79 Å². The maximum absolute atomic E-state index is 13.7. The third-order valence-corrected chi connectivity index (χ3v) is 4.51. The molecule has 0 unspecified atom stereocenters. The summed E-state index contributed by atoms with van der Waals surface area (Å²) in [5.74, 6) is -0.374. The first-order valence-corrected chi connectivity index (χ1v) is 8.68. The number of aryl methyl sites for hydroxylation is 1. The number of hydrogen-bond donors (Lipinski definition) is 2. The number of carbonyl (C=O) groups is 1. The SMILES string of the molecule is O=C(CCCc1c[nH]c2ccccc12)NCc1ccc(Br)cc1F. The molecule has 1 heterocycles. The van der Waals surface area contributed by atoms with E-state index in [4.69, 9.17) is 0 Å². The van der Waals surface area contributed by atoms with Crippen molar-refractivity contribution in [2.75, 3.05) is 0 Å². The number of nitrogens with one attached hydrogen (secondary N) is 2. The zero-order chi connectivity index (χ0) is 16.9. The molecule has 0 spiro atoms. The van der Waals surface area contributed by atoms with E-state index >= 15 is 0 Å². The highest BCUT2D eigenvalue weighted by Crippen LogP contribution is 2.19. The van der Waals surface area contributed by atoms with Crippen molar-refractivity contribution in [3.63, 3.8) is 0 Å². The standard InChI is InChI=1S/C19H18BrFN2O/c20-15-9-8-14(17(21)10-15)12-23-19(24)7-3-4-13-11-22-18-6-2-1-5-16(13)18/h1-2,5-6,8-11,22H,3-4,7,12H2,(H,23,24). The summed E-state index contributed by atoms with van der Waals surface area (Å²) >= 11 is 3.22. The molecule has 0 saturated carbocycles. The van der Waals surface area contributed by atoms with E-state index in [0.29, 0.717) is 16.5 Å². The fraction of sp³-hybridized carbons (Fsp3) is 0.211. The molecule has 3 nitrogen and oxygen atoms in total. The van der Waals surface area contributed by atoms with Crippen LogP contribution in [0.15, 0.2) is 53.1 Å². The topological polar surface area (TPSA) is 44.9 Å². The summed E-state index contributed by atoms with van der Waals surface area (Å²) in [6.45, 7) is 0.213. The molecular weight excluding hydrogens is 371 g/mol. The van der Waals surface area contributed by atoms with Crippen LogP contribution >= 0.6 is 15.9 Å². The average molecular weight is 389 g/mol. The molecule has 1 aromatic heterocycles. The van der Waals surface area contributed by atoms with Crippen molar-refractivity contribution in [2.24, 2.45) is 0 Å². The van der Waals surface area contributed by atoms with Crippen molar-refractivity contribution < 1.29 is 9.18 Å². The minimum Gasteiger partial charge on any atom is -0.361 e. The van der Waals surface area contributed by atoms with Gasteiger partial charge in [0.1, 0.15) is 5.82 Å². The number of halogens is 2. The molecule has 0 fully saturated rings. The van der Waals surface area contributed by atoms with Crippen molar-refractivity contribution in [1.29, 1.82) is 0 Å². The third kappa shape index (κ3) is 4.03. The van der Waals surface area contributed by atoms with E-state index < -0.39 is 0 Å². The van der Waals surface area contributed by atoms with Crippen LogP contribution in [0.25, 0.3) is 10.9 Å². The lowest BCUT2D eigenvalue weighted by Crippen LogP contribution is -2.23. The Morgan fingerprint density at radius 3 is 2.83 bits per heavy atom. The average Bonchev–Trinajstić information content (AvgIpc) is 2.97. The molecule has 0 aliphatic heterocycles. The summed E-state index contributed by atoms with van der Waals surface area (Å²) in [4.78, 5) is 15.2. The van der Waals surface area contributed by atoms with Crippen molar-refractivity contribution in [3.8, 4) is 0 Å². The fourth-order valence-corrected chi connectivity index (χ4v) is 3.06. The van der Waals surface area contributed by atoms with Crippen LogP contribution in [0.3, 0.4) is 0 Å². The van der Waals surface area contributed by atoms with Crippen molar-refractivity contribution >= 4 is 32.7 Å². The highest BCUT2D eigenvalue weighted by molar-refractivity contribution is 9.10. The highest BCUT2D eigenvalue weighted by Gasteiger charge is 2.07. The molecule has 3 aromatic rings. The van der Waals surface area contributed by atoms with Crippen molar-refractivity contribution in [2.45, 2.75) is 25.8 Å².